The molecule has 2 aromatic carbocycles. The third-order valence-electron chi connectivity index (χ3n) is 8.00. The first-order valence-electron chi connectivity index (χ1n) is 13.0. The number of rotatable bonds is 5. The molecule has 0 saturated carbocycles. The highest BCUT2D eigenvalue weighted by Crippen LogP contribution is 2.30. The van der Waals surface area contributed by atoms with Gasteiger partial charge in [-0.2, -0.15) is 5.26 Å². The molecule has 2 saturated heterocycles. The van der Waals surface area contributed by atoms with E-state index in [2.05, 4.69) is 48.9 Å². The van der Waals surface area contributed by atoms with Crippen LogP contribution >= 0.6 is 0 Å². The van der Waals surface area contributed by atoms with E-state index in [0.717, 1.165) is 42.3 Å². The Hall–Kier alpha value is -2.42. The van der Waals surface area contributed by atoms with E-state index in [9.17, 15) is 10.1 Å². The summed E-state index contributed by atoms with van der Waals surface area (Å²) in [7, 11) is 0. The molecular formula is C29H40N4O. The summed E-state index contributed by atoms with van der Waals surface area (Å²) in [5.41, 5.74) is 2.11. The fourth-order valence-electron chi connectivity index (χ4n) is 5.35. The second kappa shape index (κ2) is 10.5. The van der Waals surface area contributed by atoms with Gasteiger partial charge in [-0.3, -0.25) is 9.69 Å². The summed E-state index contributed by atoms with van der Waals surface area (Å²) in [6.07, 6.45) is 6.35. The van der Waals surface area contributed by atoms with Crippen LogP contribution in [0.3, 0.4) is 0 Å². The molecule has 34 heavy (non-hydrogen) atoms. The van der Waals surface area contributed by atoms with Gasteiger partial charge < -0.3 is 10.2 Å². The lowest BCUT2D eigenvalue weighted by Crippen LogP contribution is -2.46. The number of hydrogen-bond acceptors (Lipinski definition) is 4. The molecule has 2 aliphatic heterocycles. The highest BCUT2D eigenvalue weighted by Gasteiger charge is 2.29. The topological polar surface area (TPSA) is 59.4 Å². The Bertz CT molecular complexity index is 1050. The van der Waals surface area contributed by atoms with E-state index >= 15 is 0 Å². The second-order valence-electron chi connectivity index (χ2n) is 11.3. The van der Waals surface area contributed by atoms with E-state index in [1.807, 2.05) is 30.3 Å². The molecular weight excluding hydrogens is 420 g/mol. The summed E-state index contributed by atoms with van der Waals surface area (Å²) in [4.78, 5) is 18.8. The second-order valence-corrected chi connectivity index (χ2v) is 11.3. The van der Waals surface area contributed by atoms with E-state index in [1.165, 1.54) is 32.4 Å². The van der Waals surface area contributed by atoms with Crippen LogP contribution in [0, 0.1) is 16.7 Å². The standard InChI is InChI=1S/C29H40N4O/c1-21(29(2,3)4)31-28(34)27-25-11-7-6-10-22(25)18-23(19-30)26(27)20-32-16-12-24(13-17-32)33-14-8-5-9-15-33/h6-7,10-11,18,21,24H,5,8-9,12-17,20H2,1-4H3,(H,31,34). The Labute approximate surface area is 205 Å². The number of nitriles is 1. The zero-order chi connectivity index (χ0) is 24.3. The lowest BCUT2D eigenvalue weighted by molar-refractivity contribution is 0.0875. The molecule has 2 aromatic rings. The van der Waals surface area contributed by atoms with Crippen LogP contribution < -0.4 is 5.32 Å². The number of benzene rings is 2. The number of likely N-dealkylation sites (tertiary alicyclic amines) is 2. The van der Waals surface area contributed by atoms with Crippen molar-refractivity contribution < 1.29 is 4.79 Å². The van der Waals surface area contributed by atoms with Crippen LogP contribution in [-0.4, -0.2) is 54.0 Å². The number of amides is 1. The van der Waals surface area contributed by atoms with Crippen molar-refractivity contribution in [3.63, 3.8) is 0 Å². The van der Waals surface area contributed by atoms with E-state index in [1.54, 1.807) is 0 Å². The number of hydrogen-bond donors (Lipinski definition) is 1. The van der Waals surface area contributed by atoms with Gasteiger partial charge in [-0.15, -0.1) is 0 Å². The fourth-order valence-corrected chi connectivity index (χ4v) is 5.35. The first-order chi connectivity index (χ1) is 16.3. The summed E-state index contributed by atoms with van der Waals surface area (Å²) >= 11 is 0. The number of carbonyl (C=O) groups excluding carboxylic acids is 1. The quantitative estimate of drug-likeness (QED) is 0.655. The van der Waals surface area contributed by atoms with Crippen molar-refractivity contribution in [3.8, 4) is 6.07 Å². The maximum atomic E-state index is 13.7. The van der Waals surface area contributed by atoms with Gasteiger partial charge in [0.2, 0.25) is 0 Å². The van der Waals surface area contributed by atoms with Crippen LogP contribution in [0.5, 0.6) is 0 Å². The van der Waals surface area contributed by atoms with E-state index in [4.69, 9.17) is 0 Å². The lowest BCUT2D eigenvalue weighted by atomic mass is 9.87. The summed E-state index contributed by atoms with van der Waals surface area (Å²) < 4.78 is 0. The van der Waals surface area contributed by atoms with Gasteiger partial charge >= 0.3 is 0 Å². The van der Waals surface area contributed by atoms with Crippen LogP contribution in [0.15, 0.2) is 30.3 Å². The predicted octanol–water partition coefficient (Wildman–Crippen LogP) is 5.33. The van der Waals surface area contributed by atoms with Crippen LogP contribution in [0.4, 0.5) is 0 Å². The fraction of sp³-hybridized carbons (Fsp3) is 0.586. The van der Waals surface area contributed by atoms with Crippen molar-refractivity contribution in [1.29, 1.82) is 5.26 Å². The molecule has 5 nitrogen and oxygen atoms in total. The molecule has 0 aliphatic carbocycles. The smallest absolute Gasteiger partial charge is 0.252 e. The van der Waals surface area contributed by atoms with Crippen LogP contribution in [0.25, 0.3) is 10.8 Å². The summed E-state index contributed by atoms with van der Waals surface area (Å²) in [6, 6.07) is 13.0. The molecule has 0 radical (unpaired) electrons. The first-order valence-corrected chi connectivity index (χ1v) is 13.0. The monoisotopic (exact) mass is 460 g/mol. The molecule has 182 valence electrons. The van der Waals surface area contributed by atoms with Crippen LogP contribution in [0.2, 0.25) is 0 Å². The number of carbonyl (C=O) groups is 1. The maximum absolute atomic E-state index is 13.7. The summed E-state index contributed by atoms with van der Waals surface area (Å²) in [5.74, 6) is -0.0751. The highest BCUT2D eigenvalue weighted by atomic mass is 16.1. The summed E-state index contributed by atoms with van der Waals surface area (Å²) in [6.45, 7) is 13.6. The number of piperidine rings is 2. The van der Waals surface area contributed by atoms with Gasteiger partial charge in [-0.25, -0.2) is 0 Å². The van der Waals surface area contributed by atoms with E-state index in [0.29, 0.717) is 23.7 Å². The Kier molecular flexibility index (Phi) is 7.60. The molecule has 0 aromatic heterocycles. The van der Waals surface area contributed by atoms with Gasteiger partial charge in [-0.05, 0) is 86.6 Å². The molecule has 5 heteroatoms. The number of nitrogens with zero attached hydrogens (tertiary/aromatic N) is 3. The third kappa shape index (κ3) is 5.45. The lowest BCUT2D eigenvalue weighted by Gasteiger charge is -2.40. The Morgan fingerprint density at radius 1 is 1.12 bits per heavy atom. The zero-order valence-electron chi connectivity index (χ0n) is 21.4. The SMILES string of the molecule is CC(NC(=O)c1c(CN2CCC(N3CCCCC3)CC2)c(C#N)cc2ccccc12)C(C)(C)C. The number of nitrogens with one attached hydrogen (secondary N) is 1. The summed E-state index contributed by atoms with van der Waals surface area (Å²) in [5, 5.41) is 15.1. The average molecular weight is 461 g/mol. The van der Waals surface area contributed by atoms with Crippen molar-refractivity contribution in [2.24, 2.45) is 5.41 Å². The van der Waals surface area contributed by atoms with Crippen molar-refractivity contribution in [2.45, 2.75) is 78.4 Å². The van der Waals surface area contributed by atoms with Crippen LogP contribution in [-0.2, 0) is 6.54 Å². The Morgan fingerprint density at radius 3 is 2.44 bits per heavy atom. The molecule has 2 heterocycles. The van der Waals surface area contributed by atoms with Crippen molar-refractivity contribution in [2.75, 3.05) is 26.2 Å². The van der Waals surface area contributed by atoms with E-state index in [-0.39, 0.29) is 17.4 Å². The van der Waals surface area contributed by atoms with Gasteiger partial charge in [0.1, 0.15) is 0 Å². The van der Waals surface area contributed by atoms with Crippen LogP contribution in [0.1, 0.15) is 81.3 Å². The van der Waals surface area contributed by atoms with Crippen molar-refractivity contribution in [3.05, 3.63) is 47.0 Å². The van der Waals surface area contributed by atoms with Gasteiger partial charge in [0.25, 0.3) is 5.91 Å². The number of fused-ring (bicyclic) bond motifs is 1. The van der Waals surface area contributed by atoms with Gasteiger partial charge in [0.05, 0.1) is 17.2 Å². The molecule has 1 atom stereocenters. The molecule has 4 rings (SSSR count). The predicted molar refractivity (Wildman–Crippen MR) is 139 cm³/mol. The molecule has 1 N–H and O–H groups in total. The first kappa shape index (κ1) is 24.7. The van der Waals surface area contributed by atoms with Crippen molar-refractivity contribution >= 4 is 16.7 Å². The van der Waals surface area contributed by atoms with Gasteiger partial charge in [0, 0.05) is 18.6 Å². The molecule has 0 bridgehead atoms. The highest BCUT2D eigenvalue weighted by molar-refractivity contribution is 6.09. The maximum Gasteiger partial charge on any atom is 0.252 e. The molecule has 0 spiro atoms. The Morgan fingerprint density at radius 2 is 1.79 bits per heavy atom. The molecule has 1 unspecified atom stereocenters. The average Bonchev–Trinajstić information content (AvgIpc) is 2.83. The minimum Gasteiger partial charge on any atom is -0.349 e. The van der Waals surface area contributed by atoms with Gasteiger partial charge in [-0.1, -0.05) is 51.5 Å². The zero-order valence-corrected chi connectivity index (χ0v) is 21.4. The van der Waals surface area contributed by atoms with Crippen molar-refractivity contribution in [1.82, 2.24) is 15.1 Å². The van der Waals surface area contributed by atoms with Gasteiger partial charge in [0.15, 0.2) is 0 Å². The normalized spacial score (nSPS) is 19.6. The molecule has 1 amide bonds. The molecule has 2 aliphatic rings. The minimum atomic E-state index is -0.0751. The largest absolute Gasteiger partial charge is 0.349 e. The molecule has 2 fully saturated rings. The third-order valence-corrected chi connectivity index (χ3v) is 8.00. The Balaban J connectivity index is 1.60. The minimum absolute atomic E-state index is 0.0117. The van der Waals surface area contributed by atoms with E-state index < -0.39 is 0 Å².